The number of pyridine rings is 1. The van der Waals surface area contributed by atoms with Gasteiger partial charge in [0.1, 0.15) is 11.5 Å². The minimum Gasteiger partial charge on any atom is -0.457 e. The van der Waals surface area contributed by atoms with Gasteiger partial charge in [-0.1, -0.05) is 30.3 Å². The Labute approximate surface area is 118 Å². The van der Waals surface area contributed by atoms with Gasteiger partial charge in [-0.25, -0.2) is 0 Å². The molecule has 0 spiro atoms. The maximum absolute atomic E-state index is 6.01. The summed E-state index contributed by atoms with van der Waals surface area (Å²) in [6.07, 6.45) is 0. The van der Waals surface area contributed by atoms with Crippen LogP contribution in [0.1, 0.15) is 5.69 Å². The molecule has 0 atom stereocenters. The van der Waals surface area contributed by atoms with Gasteiger partial charge >= 0.3 is 0 Å². The second-order valence-corrected chi connectivity index (χ2v) is 4.57. The van der Waals surface area contributed by atoms with Crippen LogP contribution in [-0.4, -0.2) is 12.0 Å². The van der Waals surface area contributed by atoms with Gasteiger partial charge in [0.2, 0.25) is 0 Å². The molecular formula is C17H16N2O. The lowest BCUT2D eigenvalue weighted by atomic mass is 10.2. The van der Waals surface area contributed by atoms with E-state index < -0.39 is 0 Å². The summed E-state index contributed by atoms with van der Waals surface area (Å²) in [5.41, 5.74) is 1.92. The maximum Gasteiger partial charge on any atom is 0.138 e. The zero-order valence-corrected chi connectivity index (χ0v) is 11.3. The van der Waals surface area contributed by atoms with Crippen LogP contribution >= 0.6 is 0 Å². The predicted molar refractivity (Wildman–Crippen MR) is 81.0 cm³/mol. The Bertz CT molecular complexity index is 711. The normalized spacial score (nSPS) is 10.7. The molecule has 0 unspecified atom stereocenters. The van der Waals surface area contributed by atoms with E-state index in [0.29, 0.717) is 0 Å². The number of benzene rings is 2. The van der Waals surface area contributed by atoms with E-state index in [1.165, 1.54) is 0 Å². The molecule has 20 heavy (non-hydrogen) atoms. The average molecular weight is 264 g/mol. The molecule has 1 heterocycles. The van der Waals surface area contributed by atoms with Crippen LogP contribution < -0.4 is 10.1 Å². The molecule has 0 aliphatic carbocycles. The molecule has 100 valence electrons. The van der Waals surface area contributed by atoms with E-state index in [4.69, 9.17) is 4.74 Å². The first kappa shape index (κ1) is 12.6. The second kappa shape index (κ2) is 5.72. The number of ether oxygens (including phenoxy) is 1. The summed E-state index contributed by atoms with van der Waals surface area (Å²) < 4.78 is 6.01. The third-order valence-electron chi connectivity index (χ3n) is 3.06. The van der Waals surface area contributed by atoms with Crippen molar-refractivity contribution in [3.8, 4) is 11.5 Å². The molecule has 2 aromatic carbocycles. The number of para-hydroxylation sites is 2. The van der Waals surface area contributed by atoms with Crippen molar-refractivity contribution in [2.45, 2.75) is 6.54 Å². The average Bonchev–Trinajstić information content (AvgIpc) is 2.49. The summed E-state index contributed by atoms with van der Waals surface area (Å²) in [6.45, 7) is 0.718. The van der Waals surface area contributed by atoms with Gasteiger partial charge in [0.05, 0.1) is 11.2 Å². The summed E-state index contributed by atoms with van der Waals surface area (Å²) in [7, 11) is 1.91. The van der Waals surface area contributed by atoms with E-state index in [-0.39, 0.29) is 0 Å². The quantitative estimate of drug-likeness (QED) is 0.779. The molecule has 0 fully saturated rings. The monoisotopic (exact) mass is 264 g/mol. The van der Waals surface area contributed by atoms with Crippen molar-refractivity contribution in [2.75, 3.05) is 7.05 Å². The Kier molecular flexibility index (Phi) is 3.61. The smallest absolute Gasteiger partial charge is 0.138 e. The first-order chi connectivity index (χ1) is 9.86. The summed E-state index contributed by atoms with van der Waals surface area (Å²) in [6, 6.07) is 19.8. The first-order valence-electron chi connectivity index (χ1n) is 6.63. The fourth-order valence-corrected chi connectivity index (χ4v) is 2.17. The van der Waals surface area contributed by atoms with Crippen LogP contribution in [0.2, 0.25) is 0 Å². The SMILES string of the molecule is CNCc1cc(Oc2ccccc2)c2ccccc2n1. The Morgan fingerprint density at radius 1 is 1.00 bits per heavy atom. The van der Waals surface area contributed by atoms with Gasteiger partial charge in [-0.3, -0.25) is 4.98 Å². The first-order valence-corrected chi connectivity index (χ1v) is 6.63. The van der Waals surface area contributed by atoms with Gasteiger partial charge in [-0.05, 0) is 31.3 Å². The van der Waals surface area contributed by atoms with E-state index in [9.17, 15) is 0 Å². The number of hydrogen-bond donors (Lipinski definition) is 1. The van der Waals surface area contributed by atoms with Crippen LogP contribution in [-0.2, 0) is 6.54 Å². The van der Waals surface area contributed by atoms with Gasteiger partial charge in [-0.15, -0.1) is 0 Å². The van der Waals surface area contributed by atoms with Crippen LogP contribution in [0, 0.1) is 0 Å². The van der Waals surface area contributed by atoms with Gasteiger partial charge in [-0.2, -0.15) is 0 Å². The highest BCUT2D eigenvalue weighted by Crippen LogP contribution is 2.29. The van der Waals surface area contributed by atoms with Crippen molar-refractivity contribution in [2.24, 2.45) is 0 Å². The molecule has 3 aromatic rings. The summed E-state index contributed by atoms with van der Waals surface area (Å²) in [5.74, 6) is 1.67. The Balaban J connectivity index is 2.07. The van der Waals surface area contributed by atoms with E-state index in [2.05, 4.69) is 10.3 Å². The summed E-state index contributed by atoms with van der Waals surface area (Å²) in [5, 5.41) is 4.15. The van der Waals surface area contributed by atoms with Crippen molar-refractivity contribution in [3.63, 3.8) is 0 Å². The molecule has 0 saturated carbocycles. The van der Waals surface area contributed by atoms with Crippen molar-refractivity contribution in [3.05, 3.63) is 66.4 Å². The van der Waals surface area contributed by atoms with Crippen molar-refractivity contribution in [1.29, 1.82) is 0 Å². The molecule has 0 radical (unpaired) electrons. The molecule has 3 rings (SSSR count). The molecule has 0 bridgehead atoms. The topological polar surface area (TPSA) is 34.1 Å². The molecular weight excluding hydrogens is 248 g/mol. The number of rotatable bonds is 4. The van der Waals surface area contributed by atoms with Gasteiger partial charge in [0, 0.05) is 18.0 Å². The number of fused-ring (bicyclic) bond motifs is 1. The van der Waals surface area contributed by atoms with Crippen LogP contribution in [0.3, 0.4) is 0 Å². The zero-order valence-electron chi connectivity index (χ0n) is 11.3. The Morgan fingerprint density at radius 2 is 1.75 bits per heavy atom. The van der Waals surface area contributed by atoms with E-state index in [1.54, 1.807) is 0 Å². The fraction of sp³-hybridized carbons (Fsp3) is 0.118. The van der Waals surface area contributed by atoms with Crippen molar-refractivity contribution >= 4 is 10.9 Å². The molecule has 0 amide bonds. The standard InChI is InChI=1S/C17H16N2O/c1-18-12-13-11-17(20-14-7-3-2-4-8-14)15-9-5-6-10-16(15)19-13/h2-11,18H,12H2,1H3. The van der Waals surface area contributed by atoms with E-state index >= 15 is 0 Å². The lowest BCUT2D eigenvalue weighted by Gasteiger charge is -2.11. The molecule has 0 aliphatic heterocycles. The number of hydrogen-bond acceptors (Lipinski definition) is 3. The van der Waals surface area contributed by atoms with E-state index in [1.807, 2.05) is 67.7 Å². The van der Waals surface area contributed by atoms with Gasteiger partial charge in [0.15, 0.2) is 0 Å². The lowest BCUT2D eigenvalue weighted by Crippen LogP contribution is -2.07. The summed E-state index contributed by atoms with van der Waals surface area (Å²) >= 11 is 0. The third-order valence-corrected chi connectivity index (χ3v) is 3.06. The van der Waals surface area contributed by atoms with Crippen LogP contribution in [0.5, 0.6) is 11.5 Å². The number of aromatic nitrogens is 1. The van der Waals surface area contributed by atoms with Crippen molar-refractivity contribution < 1.29 is 4.74 Å². The highest BCUT2D eigenvalue weighted by Gasteiger charge is 2.07. The van der Waals surface area contributed by atoms with Crippen LogP contribution in [0.4, 0.5) is 0 Å². The Morgan fingerprint density at radius 3 is 2.55 bits per heavy atom. The third kappa shape index (κ3) is 2.63. The van der Waals surface area contributed by atoms with Crippen LogP contribution in [0.15, 0.2) is 60.7 Å². The largest absolute Gasteiger partial charge is 0.457 e. The van der Waals surface area contributed by atoms with Gasteiger partial charge < -0.3 is 10.1 Å². The highest BCUT2D eigenvalue weighted by atomic mass is 16.5. The minimum atomic E-state index is 0.718. The zero-order chi connectivity index (χ0) is 13.8. The molecule has 1 aromatic heterocycles. The van der Waals surface area contributed by atoms with Crippen molar-refractivity contribution in [1.82, 2.24) is 10.3 Å². The molecule has 0 aliphatic rings. The number of nitrogens with one attached hydrogen (secondary N) is 1. The van der Waals surface area contributed by atoms with E-state index in [0.717, 1.165) is 34.6 Å². The highest BCUT2D eigenvalue weighted by molar-refractivity contribution is 5.85. The molecule has 3 heteroatoms. The Hall–Kier alpha value is -2.39. The second-order valence-electron chi connectivity index (χ2n) is 4.57. The lowest BCUT2D eigenvalue weighted by molar-refractivity contribution is 0.486. The molecule has 3 nitrogen and oxygen atoms in total. The maximum atomic E-state index is 6.01. The van der Waals surface area contributed by atoms with Gasteiger partial charge in [0.25, 0.3) is 0 Å². The van der Waals surface area contributed by atoms with Crippen LogP contribution in [0.25, 0.3) is 10.9 Å². The molecule has 0 saturated heterocycles. The predicted octanol–water partition coefficient (Wildman–Crippen LogP) is 3.75. The minimum absolute atomic E-state index is 0.718. The fourth-order valence-electron chi connectivity index (χ4n) is 2.17. The summed E-state index contributed by atoms with van der Waals surface area (Å²) in [4.78, 5) is 4.62. The molecule has 1 N–H and O–H groups in total. The number of nitrogens with zero attached hydrogens (tertiary/aromatic N) is 1.